The maximum absolute atomic E-state index is 14.3. The molecule has 0 saturated carbocycles. The number of pyridine rings is 1. The third-order valence-corrected chi connectivity index (χ3v) is 7.41. The van der Waals surface area contributed by atoms with Crippen LogP contribution in [0.25, 0.3) is 27.6 Å². The van der Waals surface area contributed by atoms with Crippen LogP contribution in [0.2, 0.25) is 0 Å². The van der Waals surface area contributed by atoms with Gasteiger partial charge in [0.25, 0.3) is 5.56 Å². The number of halogens is 1. The lowest BCUT2D eigenvalue weighted by Gasteiger charge is -2.21. The van der Waals surface area contributed by atoms with Crippen LogP contribution in [0.1, 0.15) is 27.2 Å². The number of esters is 1. The molecule has 3 N–H and O–H groups in total. The summed E-state index contributed by atoms with van der Waals surface area (Å²) < 4.78 is 23.9. The van der Waals surface area contributed by atoms with Crippen molar-refractivity contribution >= 4 is 34.8 Å². The van der Waals surface area contributed by atoms with Crippen LogP contribution in [0.3, 0.4) is 0 Å². The van der Waals surface area contributed by atoms with E-state index in [0.29, 0.717) is 50.5 Å². The van der Waals surface area contributed by atoms with Crippen molar-refractivity contribution < 1.29 is 28.8 Å². The van der Waals surface area contributed by atoms with E-state index in [4.69, 9.17) is 24.7 Å². The zero-order valence-electron chi connectivity index (χ0n) is 24.7. The van der Waals surface area contributed by atoms with E-state index in [2.05, 4.69) is 0 Å². The number of aliphatic hydroxyl groups excluding tert-OH is 1. The van der Waals surface area contributed by atoms with Crippen LogP contribution < -0.4 is 25.5 Å². The Morgan fingerprint density at radius 3 is 2.09 bits per heavy atom. The topological polar surface area (TPSA) is 122 Å². The summed E-state index contributed by atoms with van der Waals surface area (Å²) in [4.78, 5) is 27.8. The van der Waals surface area contributed by atoms with Gasteiger partial charge in [-0.05, 0) is 83.6 Å². The predicted molar refractivity (Wildman–Crippen MR) is 173 cm³/mol. The van der Waals surface area contributed by atoms with E-state index in [1.54, 1.807) is 68.8 Å². The molecule has 9 nitrogen and oxygen atoms in total. The molecule has 0 unspecified atom stereocenters. The minimum absolute atomic E-state index is 0. The van der Waals surface area contributed by atoms with Gasteiger partial charge in [0.2, 0.25) is 0 Å². The fourth-order valence-corrected chi connectivity index (χ4v) is 5.17. The quantitative estimate of drug-likeness (QED) is 0.156. The van der Waals surface area contributed by atoms with Crippen molar-refractivity contribution in [3.05, 3.63) is 112 Å². The zero-order chi connectivity index (χ0) is 30.7. The molecule has 10 heteroatoms. The first-order valence-corrected chi connectivity index (χ1v) is 13.5. The minimum Gasteiger partial charge on any atom is -0.496 e. The van der Waals surface area contributed by atoms with Crippen molar-refractivity contribution in [2.75, 3.05) is 27.1 Å². The van der Waals surface area contributed by atoms with Gasteiger partial charge >= 0.3 is 5.97 Å². The van der Waals surface area contributed by atoms with E-state index in [0.717, 1.165) is 16.7 Å². The minimum atomic E-state index is -0.703. The standard InChI is InChI=1S/C34H32N2O7.ClH/c1-20-29(40-2)15-23(16-30(20)41-3)31-27-14-13-26(43-19-22-8-6-5-7-21(22)18-37)17-28(27)33(38)36(32(31)34(39)42-4)25-11-9-24(35)10-12-25;/h5-17,37H,18-19,35H2,1-4H3;1H. The van der Waals surface area contributed by atoms with Crippen molar-refractivity contribution in [3.8, 4) is 34.1 Å². The second kappa shape index (κ2) is 13.5. The normalized spacial score (nSPS) is 10.7. The number of nitrogens with zero attached hydrogens (tertiary/aromatic N) is 1. The fourth-order valence-electron chi connectivity index (χ4n) is 5.17. The Morgan fingerprint density at radius 2 is 1.50 bits per heavy atom. The molecule has 0 amide bonds. The Hall–Kier alpha value is -4.99. The Balaban J connectivity index is 0.00000442. The van der Waals surface area contributed by atoms with Gasteiger partial charge in [-0.15, -0.1) is 12.4 Å². The number of methoxy groups -OCH3 is 3. The molecule has 0 aliphatic carbocycles. The summed E-state index contributed by atoms with van der Waals surface area (Å²) in [5, 5.41) is 10.5. The molecule has 5 rings (SSSR count). The second-order valence-corrected chi connectivity index (χ2v) is 9.88. The molecule has 0 saturated heterocycles. The van der Waals surface area contributed by atoms with Gasteiger partial charge in [-0.25, -0.2) is 4.79 Å². The summed E-state index contributed by atoms with van der Waals surface area (Å²) >= 11 is 0. The van der Waals surface area contributed by atoms with Crippen LogP contribution in [0.15, 0.2) is 83.7 Å². The third-order valence-electron chi connectivity index (χ3n) is 7.41. The van der Waals surface area contributed by atoms with E-state index in [1.165, 1.54) is 11.7 Å². The molecule has 0 bridgehead atoms. The Bertz CT molecular complexity index is 1860. The summed E-state index contributed by atoms with van der Waals surface area (Å²) in [5.41, 5.74) is 9.84. The zero-order valence-corrected chi connectivity index (χ0v) is 25.6. The lowest BCUT2D eigenvalue weighted by atomic mass is 9.94. The Kier molecular flexibility index (Phi) is 9.83. The molecule has 4 aromatic carbocycles. The summed E-state index contributed by atoms with van der Waals surface area (Å²) in [5.74, 6) is 0.833. The monoisotopic (exact) mass is 616 g/mol. The van der Waals surface area contributed by atoms with Gasteiger partial charge in [-0.1, -0.05) is 24.3 Å². The van der Waals surface area contributed by atoms with Crippen molar-refractivity contribution in [3.63, 3.8) is 0 Å². The van der Waals surface area contributed by atoms with Crippen LogP contribution in [-0.4, -0.2) is 37.0 Å². The number of nitrogens with two attached hydrogens (primary N) is 1. The largest absolute Gasteiger partial charge is 0.496 e. The molecule has 0 radical (unpaired) electrons. The van der Waals surface area contributed by atoms with Gasteiger partial charge in [-0.3, -0.25) is 9.36 Å². The molecule has 0 aliphatic heterocycles. The van der Waals surface area contributed by atoms with Crippen LogP contribution in [-0.2, 0) is 18.0 Å². The van der Waals surface area contributed by atoms with E-state index in [1.807, 2.05) is 31.2 Å². The smallest absolute Gasteiger partial charge is 0.355 e. The number of aliphatic hydroxyl groups is 1. The highest BCUT2D eigenvalue weighted by Crippen LogP contribution is 2.40. The fraction of sp³-hybridized carbons (Fsp3) is 0.176. The summed E-state index contributed by atoms with van der Waals surface area (Å²) in [6.07, 6.45) is 0. The number of carbonyl (C=O) groups is 1. The molecular formula is C34H33ClN2O7. The van der Waals surface area contributed by atoms with Gasteiger partial charge in [-0.2, -0.15) is 0 Å². The highest BCUT2D eigenvalue weighted by molar-refractivity contribution is 6.07. The SMILES string of the molecule is COC(=O)c1c(-c2cc(OC)c(C)c(OC)c2)c2ccc(OCc3ccccc3CO)cc2c(=O)n1-c1ccc(N)cc1.Cl. The lowest BCUT2D eigenvalue weighted by molar-refractivity contribution is 0.0591. The van der Waals surface area contributed by atoms with Crippen molar-refractivity contribution in [2.45, 2.75) is 20.1 Å². The first kappa shape index (κ1) is 31.9. The van der Waals surface area contributed by atoms with E-state index < -0.39 is 11.5 Å². The van der Waals surface area contributed by atoms with Gasteiger partial charge < -0.3 is 29.8 Å². The maximum atomic E-state index is 14.3. The molecule has 0 atom stereocenters. The Labute approximate surface area is 260 Å². The average molecular weight is 617 g/mol. The second-order valence-electron chi connectivity index (χ2n) is 9.88. The number of benzene rings is 4. The van der Waals surface area contributed by atoms with Crippen LogP contribution in [0, 0.1) is 6.92 Å². The van der Waals surface area contributed by atoms with Crippen molar-refractivity contribution in [2.24, 2.45) is 0 Å². The molecule has 44 heavy (non-hydrogen) atoms. The number of hydrogen-bond acceptors (Lipinski definition) is 8. The number of hydrogen-bond donors (Lipinski definition) is 2. The van der Waals surface area contributed by atoms with Gasteiger partial charge in [0.05, 0.1) is 33.3 Å². The summed E-state index contributed by atoms with van der Waals surface area (Å²) in [6, 6.07) is 22.8. The van der Waals surface area contributed by atoms with Gasteiger partial charge in [0, 0.05) is 22.5 Å². The predicted octanol–water partition coefficient (Wildman–Crippen LogP) is 5.85. The summed E-state index contributed by atoms with van der Waals surface area (Å²) in [7, 11) is 4.38. The highest BCUT2D eigenvalue weighted by Gasteiger charge is 2.26. The van der Waals surface area contributed by atoms with E-state index in [-0.39, 0.29) is 31.3 Å². The van der Waals surface area contributed by atoms with Crippen molar-refractivity contribution in [1.29, 1.82) is 0 Å². The molecule has 0 aliphatic rings. The maximum Gasteiger partial charge on any atom is 0.355 e. The number of ether oxygens (including phenoxy) is 4. The van der Waals surface area contributed by atoms with Gasteiger partial charge in [0.1, 0.15) is 29.5 Å². The molecule has 0 spiro atoms. The molecule has 1 aromatic heterocycles. The Morgan fingerprint density at radius 1 is 0.864 bits per heavy atom. The average Bonchev–Trinajstić information content (AvgIpc) is 3.04. The number of aromatic nitrogens is 1. The number of nitrogen functional groups attached to an aromatic ring is 1. The molecular weight excluding hydrogens is 584 g/mol. The molecule has 1 heterocycles. The van der Waals surface area contributed by atoms with Crippen LogP contribution in [0.4, 0.5) is 5.69 Å². The first-order valence-electron chi connectivity index (χ1n) is 13.5. The lowest BCUT2D eigenvalue weighted by Crippen LogP contribution is -2.27. The number of rotatable bonds is 9. The molecule has 5 aromatic rings. The highest BCUT2D eigenvalue weighted by atomic mass is 35.5. The van der Waals surface area contributed by atoms with Crippen LogP contribution >= 0.6 is 12.4 Å². The van der Waals surface area contributed by atoms with E-state index >= 15 is 0 Å². The molecule has 0 fully saturated rings. The number of fused-ring (bicyclic) bond motifs is 1. The number of anilines is 1. The van der Waals surface area contributed by atoms with Crippen molar-refractivity contribution in [1.82, 2.24) is 4.57 Å². The van der Waals surface area contributed by atoms with Crippen LogP contribution in [0.5, 0.6) is 17.2 Å². The number of carbonyl (C=O) groups excluding carboxylic acids is 1. The summed E-state index contributed by atoms with van der Waals surface area (Å²) in [6.45, 7) is 1.94. The third kappa shape index (κ3) is 5.92. The first-order chi connectivity index (χ1) is 20.8. The van der Waals surface area contributed by atoms with Gasteiger partial charge in [0.15, 0.2) is 0 Å². The molecule has 228 valence electrons. The van der Waals surface area contributed by atoms with E-state index in [9.17, 15) is 14.7 Å².